The first-order valence-electron chi connectivity index (χ1n) is 5.99. The maximum absolute atomic E-state index is 11.9. The van der Waals surface area contributed by atoms with E-state index in [4.69, 9.17) is 23.2 Å². The Kier molecular flexibility index (Phi) is 5.35. The number of carbonyl (C=O) groups is 1. The number of amides is 1. The van der Waals surface area contributed by atoms with Gasteiger partial charge in [-0.25, -0.2) is 0 Å². The maximum Gasteiger partial charge on any atom is 0.234 e. The van der Waals surface area contributed by atoms with Crippen LogP contribution in [0.5, 0.6) is 0 Å². The number of hydrogen-bond donors (Lipinski definition) is 1. The summed E-state index contributed by atoms with van der Waals surface area (Å²) in [6.07, 6.45) is 0. The van der Waals surface area contributed by atoms with Gasteiger partial charge in [-0.2, -0.15) is 0 Å². The van der Waals surface area contributed by atoms with E-state index in [1.54, 1.807) is 6.07 Å². The van der Waals surface area contributed by atoms with E-state index in [9.17, 15) is 4.79 Å². The highest BCUT2D eigenvalue weighted by molar-refractivity contribution is 8.00. The van der Waals surface area contributed by atoms with Crippen molar-refractivity contribution in [2.75, 3.05) is 11.1 Å². The fraction of sp³-hybridized carbons (Fsp3) is 0.133. The smallest absolute Gasteiger partial charge is 0.234 e. The molecular formula is C15H13Cl2NOS. The molecule has 1 N–H and O–H groups in total. The fourth-order valence-corrected chi connectivity index (χ4v) is 2.68. The van der Waals surface area contributed by atoms with Crippen LogP contribution in [-0.2, 0) is 4.79 Å². The van der Waals surface area contributed by atoms with Crippen molar-refractivity contribution in [2.24, 2.45) is 0 Å². The minimum absolute atomic E-state index is 0.0460. The average molecular weight is 326 g/mol. The Bertz CT molecular complexity index is 614. The summed E-state index contributed by atoms with van der Waals surface area (Å²) in [6, 6.07) is 12.8. The van der Waals surface area contributed by atoms with E-state index in [1.165, 1.54) is 11.8 Å². The summed E-state index contributed by atoms with van der Waals surface area (Å²) < 4.78 is 0. The molecule has 0 aliphatic rings. The van der Waals surface area contributed by atoms with Crippen molar-refractivity contribution in [3.05, 3.63) is 58.1 Å². The van der Waals surface area contributed by atoms with Crippen molar-refractivity contribution in [1.29, 1.82) is 0 Å². The van der Waals surface area contributed by atoms with Crippen molar-refractivity contribution < 1.29 is 4.79 Å². The van der Waals surface area contributed by atoms with Gasteiger partial charge in [0.15, 0.2) is 0 Å². The molecule has 5 heteroatoms. The first-order valence-corrected chi connectivity index (χ1v) is 7.73. The highest BCUT2D eigenvalue weighted by Crippen LogP contribution is 2.22. The van der Waals surface area contributed by atoms with Gasteiger partial charge in [-0.15, -0.1) is 11.8 Å². The Labute approximate surface area is 132 Å². The van der Waals surface area contributed by atoms with Gasteiger partial charge < -0.3 is 5.32 Å². The van der Waals surface area contributed by atoms with Crippen molar-refractivity contribution in [1.82, 2.24) is 0 Å². The molecule has 0 aliphatic carbocycles. The molecule has 0 saturated carbocycles. The average Bonchev–Trinajstić information content (AvgIpc) is 2.41. The summed E-state index contributed by atoms with van der Waals surface area (Å²) in [6.45, 7) is 1.91. The van der Waals surface area contributed by atoms with Crippen LogP contribution in [0.15, 0.2) is 47.4 Å². The zero-order valence-electron chi connectivity index (χ0n) is 10.8. The van der Waals surface area contributed by atoms with Crippen LogP contribution in [0.2, 0.25) is 10.0 Å². The molecule has 0 aromatic heterocycles. The second-order valence-electron chi connectivity index (χ2n) is 4.25. The molecule has 104 valence electrons. The van der Waals surface area contributed by atoms with Crippen molar-refractivity contribution in [3.63, 3.8) is 0 Å². The predicted octanol–water partition coefficient (Wildman–Crippen LogP) is 5.03. The number of rotatable bonds is 4. The molecule has 0 fully saturated rings. The summed E-state index contributed by atoms with van der Waals surface area (Å²) in [4.78, 5) is 12.9. The van der Waals surface area contributed by atoms with Crippen LogP contribution >= 0.6 is 35.0 Å². The van der Waals surface area contributed by atoms with Crippen LogP contribution in [0, 0.1) is 6.92 Å². The van der Waals surface area contributed by atoms with E-state index in [-0.39, 0.29) is 5.91 Å². The van der Waals surface area contributed by atoms with Crippen LogP contribution in [0.4, 0.5) is 5.69 Å². The molecule has 2 rings (SSSR count). The molecule has 0 saturated heterocycles. The minimum atomic E-state index is -0.0460. The Hall–Kier alpha value is -1.16. The van der Waals surface area contributed by atoms with E-state index >= 15 is 0 Å². The zero-order chi connectivity index (χ0) is 14.5. The molecule has 1 amide bonds. The van der Waals surface area contributed by atoms with Gasteiger partial charge in [0.1, 0.15) is 0 Å². The number of thioether (sulfide) groups is 1. The topological polar surface area (TPSA) is 29.1 Å². The molecule has 0 bridgehead atoms. The van der Waals surface area contributed by atoms with Crippen molar-refractivity contribution in [3.8, 4) is 0 Å². The standard InChI is InChI=1S/C15H13Cl2NOS/c1-10-8-12(17)4-7-14(10)18-15(19)9-20-13-5-2-11(16)3-6-13/h2-8H,9H2,1H3,(H,18,19). The molecule has 2 aromatic carbocycles. The van der Waals surface area contributed by atoms with Gasteiger partial charge in [-0.05, 0) is 55.0 Å². The van der Waals surface area contributed by atoms with Crippen LogP contribution in [0.3, 0.4) is 0 Å². The monoisotopic (exact) mass is 325 g/mol. The predicted molar refractivity (Wildman–Crippen MR) is 87.0 cm³/mol. The lowest BCUT2D eigenvalue weighted by atomic mass is 10.2. The number of carbonyl (C=O) groups excluding carboxylic acids is 1. The number of anilines is 1. The maximum atomic E-state index is 11.9. The summed E-state index contributed by atoms with van der Waals surface area (Å²) in [7, 11) is 0. The van der Waals surface area contributed by atoms with Gasteiger partial charge in [-0.3, -0.25) is 4.79 Å². The SMILES string of the molecule is Cc1cc(Cl)ccc1NC(=O)CSc1ccc(Cl)cc1. The van der Waals surface area contributed by atoms with E-state index < -0.39 is 0 Å². The van der Waals surface area contributed by atoms with Gasteiger partial charge >= 0.3 is 0 Å². The molecular weight excluding hydrogens is 313 g/mol. The molecule has 0 spiro atoms. The van der Waals surface area contributed by atoms with Crippen molar-refractivity contribution in [2.45, 2.75) is 11.8 Å². The molecule has 20 heavy (non-hydrogen) atoms. The van der Waals surface area contributed by atoms with Gasteiger partial charge in [-0.1, -0.05) is 23.2 Å². The summed E-state index contributed by atoms with van der Waals surface area (Å²) in [5.74, 6) is 0.305. The Morgan fingerprint density at radius 3 is 2.40 bits per heavy atom. The molecule has 2 aromatic rings. The van der Waals surface area contributed by atoms with Crippen LogP contribution in [-0.4, -0.2) is 11.7 Å². The second kappa shape index (κ2) is 7.02. The molecule has 0 heterocycles. The Balaban J connectivity index is 1.90. The van der Waals surface area contributed by atoms with Gasteiger partial charge in [0.05, 0.1) is 5.75 Å². The Morgan fingerprint density at radius 2 is 1.75 bits per heavy atom. The largest absolute Gasteiger partial charge is 0.325 e. The zero-order valence-corrected chi connectivity index (χ0v) is 13.1. The first kappa shape index (κ1) is 15.2. The van der Waals surface area contributed by atoms with Crippen LogP contribution in [0.25, 0.3) is 0 Å². The lowest BCUT2D eigenvalue weighted by Crippen LogP contribution is -2.14. The number of hydrogen-bond acceptors (Lipinski definition) is 2. The lowest BCUT2D eigenvalue weighted by Gasteiger charge is -2.08. The highest BCUT2D eigenvalue weighted by Gasteiger charge is 2.06. The van der Waals surface area contributed by atoms with Crippen LogP contribution < -0.4 is 5.32 Å². The van der Waals surface area contributed by atoms with Crippen molar-refractivity contribution >= 4 is 46.6 Å². The fourth-order valence-electron chi connectivity index (χ4n) is 1.63. The van der Waals surface area contributed by atoms with E-state index in [0.29, 0.717) is 15.8 Å². The van der Waals surface area contributed by atoms with E-state index in [0.717, 1.165) is 16.1 Å². The quantitative estimate of drug-likeness (QED) is 0.798. The van der Waals surface area contributed by atoms with Gasteiger partial charge in [0, 0.05) is 20.6 Å². The lowest BCUT2D eigenvalue weighted by molar-refractivity contribution is -0.113. The van der Waals surface area contributed by atoms with E-state index in [2.05, 4.69) is 5.32 Å². The van der Waals surface area contributed by atoms with E-state index in [1.807, 2.05) is 43.3 Å². The third-order valence-electron chi connectivity index (χ3n) is 2.65. The summed E-state index contributed by atoms with van der Waals surface area (Å²) in [5, 5.41) is 4.23. The summed E-state index contributed by atoms with van der Waals surface area (Å²) >= 11 is 13.2. The van der Waals surface area contributed by atoms with Gasteiger partial charge in [0.25, 0.3) is 0 Å². The number of benzene rings is 2. The normalized spacial score (nSPS) is 10.3. The Morgan fingerprint density at radius 1 is 1.10 bits per heavy atom. The minimum Gasteiger partial charge on any atom is -0.325 e. The molecule has 0 atom stereocenters. The number of nitrogens with one attached hydrogen (secondary N) is 1. The third-order valence-corrected chi connectivity index (χ3v) is 4.15. The summed E-state index contributed by atoms with van der Waals surface area (Å²) in [5.41, 5.74) is 1.73. The second-order valence-corrected chi connectivity index (χ2v) is 6.17. The molecule has 0 radical (unpaired) electrons. The highest BCUT2D eigenvalue weighted by atomic mass is 35.5. The molecule has 0 aliphatic heterocycles. The number of halogens is 2. The molecule has 2 nitrogen and oxygen atoms in total. The first-order chi connectivity index (χ1) is 9.54. The molecule has 0 unspecified atom stereocenters. The van der Waals surface area contributed by atoms with Gasteiger partial charge in [0.2, 0.25) is 5.91 Å². The number of aryl methyl sites for hydroxylation is 1. The van der Waals surface area contributed by atoms with Crippen LogP contribution in [0.1, 0.15) is 5.56 Å². The third kappa shape index (κ3) is 4.44.